The molecule has 0 saturated heterocycles. The largest absolute Gasteiger partial charge is 0.468 e. The van der Waals surface area contributed by atoms with Crippen LogP contribution in [-0.4, -0.2) is 30.4 Å². The molecule has 2 rings (SSSR count). The monoisotopic (exact) mass is 330 g/mol. The van der Waals surface area contributed by atoms with E-state index in [0.717, 1.165) is 0 Å². The Morgan fingerprint density at radius 1 is 1.12 bits per heavy atom. The zero-order valence-corrected chi connectivity index (χ0v) is 14.4. The van der Waals surface area contributed by atoms with Crippen LogP contribution < -0.4 is 0 Å². The van der Waals surface area contributed by atoms with Crippen molar-refractivity contribution < 1.29 is 23.9 Å². The zero-order valence-electron chi connectivity index (χ0n) is 14.4. The van der Waals surface area contributed by atoms with E-state index >= 15 is 0 Å². The van der Waals surface area contributed by atoms with Crippen LogP contribution in [0.2, 0.25) is 0 Å². The van der Waals surface area contributed by atoms with Gasteiger partial charge in [-0.05, 0) is 38.8 Å². The van der Waals surface area contributed by atoms with Gasteiger partial charge in [0.25, 0.3) is 0 Å². The lowest BCUT2D eigenvalue weighted by Crippen LogP contribution is -2.41. The number of rotatable bonds is 3. The highest BCUT2D eigenvalue weighted by molar-refractivity contribution is 6.19. The van der Waals surface area contributed by atoms with Crippen LogP contribution in [0.25, 0.3) is 0 Å². The van der Waals surface area contributed by atoms with Gasteiger partial charge in [0.05, 0.1) is 7.11 Å². The fourth-order valence-electron chi connectivity index (χ4n) is 2.77. The summed E-state index contributed by atoms with van der Waals surface area (Å²) >= 11 is 0. The number of carbonyl (C=O) groups is 3. The van der Waals surface area contributed by atoms with Crippen LogP contribution in [0, 0.1) is 0 Å². The van der Waals surface area contributed by atoms with Gasteiger partial charge in [0, 0.05) is 6.42 Å². The molecule has 1 aromatic carbocycles. The minimum Gasteiger partial charge on any atom is -0.468 e. The number of methoxy groups -OCH3 is 1. The minimum absolute atomic E-state index is 0.0784. The third kappa shape index (κ3) is 3.55. The maximum absolute atomic E-state index is 12.5. The Kier molecular flexibility index (Phi) is 4.92. The van der Waals surface area contributed by atoms with Crippen molar-refractivity contribution >= 4 is 17.7 Å². The van der Waals surface area contributed by atoms with Gasteiger partial charge in [-0.1, -0.05) is 30.3 Å². The van der Waals surface area contributed by atoms with E-state index in [1.165, 1.54) is 13.2 Å². The van der Waals surface area contributed by atoms with Crippen molar-refractivity contribution in [2.45, 2.75) is 44.6 Å². The summed E-state index contributed by atoms with van der Waals surface area (Å²) in [6, 6.07) is 9.02. The first-order valence-corrected chi connectivity index (χ1v) is 7.83. The number of benzene rings is 1. The predicted molar refractivity (Wildman–Crippen MR) is 88.3 cm³/mol. The molecule has 1 aromatic rings. The third-order valence-electron chi connectivity index (χ3n) is 3.89. The van der Waals surface area contributed by atoms with Crippen molar-refractivity contribution in [2.24, 2.45) is 0 Å². The number of Topliss-reactive ketones (excluding diaryl/α,β-unsaturated/α-hetero) is 1. The van der Waals surface area contributed by atoms with Gasteiger partial charge in [-0.15, -0.1) is 0 Å². The van der Waals surface area contributed by atoms with E-state index in [1.54, 1.807) is 45.0 Å². The maximum Gasteiger partial charge on any atom is 0.342 e. The molecule has 0 radical (unpaired) electrons. The van der Waals surface area contributed by atoms with Crippen molar-refractivity contribution in [3.05, 3.63) is 47.5 Å². The topological polar surface area (TPSA) is 69.7 Å². The molecule has 5 nitrogen and oxygen atoms in total. The Labute approximate surface area is 141 Å². The van der Waals surface area contributed by atoms with Gasteiger partial charge in [-0.2, -0.15) is 0 Å². The van der Waals surface area contributed by atoms with Crippen molar-refractivity contribution in [2.75, 3.05) is 7.11 Å². The molecule has 0 amide bonds. The van der Waals surface area contributed by atoms with Crippen LogP contribution in [0.15, 0.2) is 42.0 Å². The number of esters is 2. The van der Waals surface area contributed by atoms with Crippen LogP contribution in [0.1, 0.15) is 39.2 Å². The first-order chi connectivity index (χ1) is 11.2. The molecule has 0 spiro atoms. The molecule has 0 heterocycles. The van der Waals surface area contributed by atoms with E-state index in [0.29, 0.717) is 5.56 Å². The van der Waals surface area contributed by atoms with Gasteiger partial charge >= 0.3 is 11.9 Å². The molecule has 24 heavy (non-hydrogen) atoms. The van der Waals surface area contributed by atoms with Crippen molar-refractivity contribution in [1.82, 2.24) is 0 Å². The summed E-state index contributed by atoms with van der Waals surface area (Å²) in [5.74, 6) is -1.53. The highest BCUT2D eigenvalue weighted by Crippen LogP contribution is 2.38. The Bertz CT molecular complexity index is 681. The second kappa shape index (κ2) is 6.59. The minimum atomic E-state index is -1.16. The quantitative estimate of drug-likeness (QED) is 0.629. The van der Waals surface area contributed by atoms with Crippen molar-refractivity contribution in [1.29, 1.82) is 0 Å². The average molecular weight is 330 g/mol. The zero-order chi connectivity index (χ0) is 18.0. The molecule has 0 bridgehead atoms. The second-order valence-corrected chi connectivity index (χ2v) is 6.81. The lowest BCUT2D eigenvalue weighted by Gasteiger charge is -2.32. The number of ether oxygens (including phenoxy) is 2. The van der Waals surface area contributed by atoms with Gasteiger partial charge in [-0.25, -0.2) is 4.79 Å². The lowest BCUT2D eigenvalue weighted by molar-refractivity contribution is -0.151. The molecule has 0 aliphatic heterocycles. The second-order valence-electron chi connectivity index (χ2n) is 6.81. The summed E-state index contributed by atoms with van der Waals surface area (Å²) in [4.78, 5) is 37.1. The molecule has 0 unspecified atom stereocenters. The molecule has 0 N–H and O–H groups in total. The lowest BCUT2D eigenvalue weighted by atomic mass is 9.71. The van der Waals surface area contributed by atoms with Crippen LogP contribution in [0.5, 0.6) is 0 Å². The number of ketones is 1. The number of carbonyl (C=O) groups excluding carboxylic acids is 3. The Balaban J connectivity index is 2.54. The molecular weight excluding hydrogens is 308 g/mol. The first kappa shape index (κ1) is 17.9. The van der Waals surface area contributed by atoms with Gasteiger partial charge in [-0.3, -0.25) is 9.59 Å². The number of hydrogen-bond donors (Lipinski definition) is 0. The standard InChI is InChI=1S/C19H22O5/c1-18(2,3)24-16(21)14-12-19(17(22)23-4,11-10-15(14)20)13-8-6-5-7-9-13/h5-9,12H,10-11H2,1-4H3/t19-/m1/s1. The number of hydrogen-bond acceptors (Lipinski definition) is 5. The third-order valence-corrected chi connectivity index (χ3v) is 3.89. The summed E-state index contributed by atoms with van der Waals surface area (Å²) in [6.07, 6.45) is 1.75. The fourth-order valence-corrected chi connectivity index (χ4v) is 2.77. The summed E-state index contributed by atoms with van der Waals surface area (Å²) in [5, 5.41) is 0. The van der Waals surface area contributed by atoms with Crippen molar-refractivity contribution in [3.63, 3.8) is 0 Å². The normalized spacial score (nSPS) is 21.0. The predicted octanol–water partition coefficient (Wildman–Crippen LogP) is 2.73. The van der Waals surface area contributed by atoms with E-state index in [9.17, 15) is 14.4 Å². The molecule has 1 atom stereocenters. The molecule has 0 fully saturated rings. The van der Waals surface area contributed by atoms with E-state index in [2.05, 4.69) is 0 Å². The molecule has 1 aliphatic rings. The van der Waals surface area contributed by atoms with Gasteiger partial charge in [0.1, 0.15) is 16.6 Å². The Morgan fingerprint density at radius 3 is 2.29 bits per heavy atom. The van der Waals surface area contributed by atoms with Gasteiger partial charge in [0.2, 0.25) is 0 Å². The molecule has 0 saturated carbocycles. The summed E-state index contributed by atoms with van der Waals surface area (Å²) in [7, 11) is 1.30. The SMILES string of the molecule is COC(=O)[C@@]1(c2ccccc2)C=C(C(=O)OC(C)(C)C)C(=O)CC1. The molecule has 128 valence electrons. The van der Waals surface area contributed by atoms with Gasteiger partial charge in [0.15, 0.2) is 5.78 Å². The smallest absolute Gasteiger partial charge is 0.342 e. The van der Waals surface area contributed by atoms with Crippen LogP contribution in [0.4, 0.5) is 0 Å². The van der Waals surface area contributed by atoms with E-state index in [-0.39, 0.29) is 24.2 Å². The summed E-state index contributed by atoms with van der Waals surface area (Å²) in [6.45, 7) is 5.18. The van der Waals surface area contributed by atoms with Gasteiger partial charge < -0.3 is 9.47 Å². The molecule has 0 aromatic heterocycles. The van der Waals surface area contributed by atoms with E-state index in [1.807, 2.05) is 6.07 Å². The van der Waals surface area contributed by atoms with E-state index in [4.69, 9.17) is 9.47 Å². The molecule has 5 heteroatoms. The van der Waals surface area contributed by atoms with Crippen LogP contribution in [0.3, 0.4) is 0 Å². The van der Waals surface area contributed by atoms with Crippen LogP contribution in [-0.2, 0) is 29.3 Å². The maximum atomic E-state index is 12.5. The molecule has 1 aliphatic carbocycles. The highest BCUT2D eigenvalue weighted by atomic mass is 16.6. The Hall–Kier alpha value is -2.43. The first-order valence-electron chi connectivity index (χ1n) is 7.83. The average Bonchev–Trinajstić information content (AvgIpc) is 2.54. The Morgan fingerprint density at radius 2 is 1.75 bits per heavy atom. The fraction of sp³-hybridized carbons (Fsp3) is 0.421. The summed E-state index contributed by atoms with van der Waals surface area (Å²) in [5.41, 5.74) is -1.29. The van der Waals surface area contributed by atoms with Crippen molar-refractivity contribution in [3.8, 4) is 0 Å². The van der Waals surface area contributed by atoms with Crippen LogP contribution >= 0.6 is 0 Å². The van der Waals surface area contributed by atoms with E-state index < -0.39 is 23.0 Å². The highest BCUT2D eigenvalue weighted by Gasteiger charge is 2.45. The summed E-state index contributed by atoms with van der Waals surface area (Å²) < 4.78 is 10.3. The molecular formula is C19H22O5.